The number of ether oxygens (including phenoxy) is 5. The van der Waals surface area contributed by atoms with Crippen molar-refractivity contribution in [2.24, 2.45) is 23.7 Å². The molecule has 3 saturated heterocycles. The molecule has 2 aromatic heterocycles. The molecule has 0 spiro atoms. The third kappa shape index (κ3) is 9.51. The summed E-state index contributed by atoms with van der Waals surface area (Å²) in [6.45, 7) is 17.0. The van der Waals surface area contributed by atoms with Crippen molar-refractivity contribution >= 4 is 35.2 Å². The number of nitrogens with zero attached hydrogens (tertiary/aromatic N) is 5. The Morgan fingerprint density at radius 3 is 2.42 bits per heavy atom. The lowest BCUT2D eigenvalue weighted by Crippen LogP contribution is -2.60. The minimum absolute atomic E-state index is 0.0975. The van der Waals surface area contributed by atoms with Crippen LogP contribution >= 0.6 is 11.6 Å². The summed E-state index contributed by atoms with van der Waals surface area (Å²) in [5, 5.41) is 12.0. The van der Waals surface area contributed by atoms with Crippen LogP contribution in [-0.2, 0) is 44.6 Å². The fourth-order valence-electron chi connectivity index (χ4n) is 9.45. The van der Waals surface area contributed by atoms with E-state index in [0.717, 1.165) is 5.56 Å². The van der Waals surface area contributed by atoms with Crippen LogP contribution in [0.15, 0.2) is 43.6 Å². The van der Waals surface area contributed by atoms with Gasteiger partial charge >= 0.3 is 12.1 Å². The Morgan fingerprint density at radius 2 is 1.78 bits per heavy atom. The highest BCUT2D eigenvalue weighted by Crippen LogP contribution is 2.44. The van der Waals surface area contributed by atoms with Crippen LogP contribution in [0.2, 0.25) is 5.02 Å². The smallest absolute Gasteiger partial charge is 0.411 e. The van der Waals surface area contributed by atoms with E-state index in [4.69, 9.17) is 35.3 Å². The molecule has 3 fully saturated rings. The molecule has 1 N–H and O–H groups in total. The minimum Gasteiger partial charge on any atom is -0.457 e. The van der Waals surface area contributed by atoms with Crippen molar-refractivity contribution in [1.29, 1.82) is 0 Å². The number of aromatic nitrogens is 3. The van der Waals surface area contributed by atoms with Crippen molar-refractivity contribution in [2.75, 3.05) is 27.7 Å². The number of pyridine rings is 1. The average Bonchev–Trinajstić information content (AvgIpc) is 3.81. The molecule has 332 valence electrons. The molecule has 13 atom stereocenters. The number of imidazole rings is 1. The van der Waals surface area contributed by atoms with E-state index in [9.17, 15) is 24.3 Å². The van der Waals surface area contributed by atoms with Crippen LogP contribution in [0.4, 0.5) is 4.79 Å². The van der Waals surface area contributed by atoms with Gasteiger partial charge in [0.15, 0.2) is 17.7 Å². The number of aliphatic hydroxyl groups is 1. The molecule has 2 aromatic rings. The maximum atomic E-state index is 14.8. The molecule has 1 amide bonds. The SMILES string of the molecule is C=C[C@]12OC(=O)N(CCCCn3cnc(-c4cnccc4Cl)c3)[C@H]1[C@H](C)C(=O)[C@H](C)C[C@](C)(OC)[C@H](OC1O[C@H](C)C[C@H](N(C)C)[C@H]1O)[C@@H](C)C(=O)[C@@H](C)C(=O)O[C@H]2CC. The van der Waals surface area contributed by atoms with Crippen LogP contribution < -0.4 is 0 Å². The molecule has 3 aliphatic rings. The van der Waals surface area contributed by atoms with Crippen molar-refractivity contribution in [3.05, 3.63) is 48.7 Å². The molecule has 15 nitrogen and oxygen atoms in total. The van der Waals surface area contributed by atoms with E-state index in [0.29, 0.717) is 36.5 Å². The molecule has 3 aliphatic heterocycles. The Bertz CT molecular complexity index is 1860. The molecule has 5 rings (SSSR count). The van der Waals surface area contributed by atoms with Gasteiger partial charge < -0.3 is 38.3 Å². The summed E-state index contributed by atoms with van der Waals surface area (Å²) in [5.74, 6) is -5.27. The van der Waals surface area contributed by atoms with Gasteiger partial charge in [0.2, 0.25) is 0 Å². The molecule has 0 saturated carbocycles. The lowest BCUT2D eigenvalue weighted by atomic mass is 9.72. The number of carbonyl (C=O) groups is 4. The number of rotatable bonds is 12. The zero-order valence-electron chi connectivity index (χ0n) is 36.7. The third-order valence-electron chi connectivity index (χ3n) is 12.9. The molecule has 0 radical (unpaired) electrons. The van der Waals surface area contributed by atoms with E-state index < -0.39 is 83.4 Å². The first-order chi connectivity index (χ1) is 28.3. The second-order valence-electron chi connectivity index (χ2n) is 17.3. The number of likely N-dealkylation sites (N-methyl/N-ethyl adjacent to an activating group) is 1. The van der Waals surface area contributed by atoms with Crippen LogP contribution in [0, 0.1) is 23.7 Å². The lowest BCUT2D eigenvalue weighted by Gasteiger charge is -2.47. The van der Waals surface area contributed by atoms with Crippen molar-refractivity contribution < 1.29 is 48.0 Å². The fourth-order valence-corrected chi connectivity index (χ4v) is 9.65. The molecule has 5 heterocycles. The van der Waals surface area contributed by atoms with Crippen molar-refractivity contribution in [2.45, 2.75) is 141 Å². The predicted octanol–water partition coefficient (Wildman–Crippen LogP) is 5.75. The van der Waals surface area contributed by atoms with Crippen molar-refractivity contribution in [1.82, 2.24) is 24.3 Å². The van der Waals surface area contributed by atoms with E-state index in [-0.39, 0.29) is 37.3 Å². The van der Waals surface area contributed by atoms with E-state index in [1.807, 2.05) is 36.7 Å². The predicted molar refractivity (Wildman–Crippen MR) is 224 cm³/mol. The zero-order chi connectivity index (χ0) is 44.3. The quantitative estimate of drug-likeness (QED) is 0.119. The van der Waals surface area contributed by atoms with Gasteiger partial charge in [0.1, 0.15) is 23.9 Å². The maximum absolute atomic E-state index is 14.8. The number of esters is 1. The first-order valence-corrected chi connectivity index (χ1v) is 21.4. The number of fused-ring (bicyclic) bond motifs is 1. The number of amides is 1. The number of Topliss-reactive ketones (excluding diaryl/α,β-unsaturated/α-hetero) is 2. The number of hydrogen-bond acceptors (Lipinski definition) is 13. The largest absolute Gasteiger partial charge is 0.457 e. The van der Waals surface area contributed by atoms with Crippen LogP contribution in [0.5, 0.6) is 0 Å². The molecular formula is C44H64ClN5O10. The van der Waals surface area contributed by atoms with Crippen LogP contribution in [0.3, 0.4) is 0 Å². The second-order valence-corrected chi connectivity index (χ2v) is 17.7. The summed E-state index contributed by atoms with van der Waals surface area (Å²) in [6.07, 6.45) is 5.11. The molecule has 1 unspecified atom stereocenters. The summed E-state index contributed by atoms with van der Waals surface area (Å²) in [4.78, 5) is 69.3. The van der Waals surface area contributed by atoms with Crippen LogP contribution in [0.25, 0.3) is 11.3 Å². The van der Waals surface area contributed by atoms with Gasteiger partial charge in [-0.2, -0.15) is 0 Å². The van der Waals surface area contributed by atoms with Crippen molar-refractivity contribution in [3.63, 3.8) is 0 Å². The number of unbranched alkanes of at least 4 members (excludes halogenated alkanes) is 1. The number of aliphatic hydroxyl groups excluding tert-OH is 1. The van der Waals surface area contributed by atoms with E-state index in [1.54, 1.807) is 64.3 Å². The molecule has 60 heavy (non-hydrogen) atoms. The Hall–Kier alpha value is -3.73. The Kier molecular flexibility index (Phi) is 15.4. The molecule has 0 aliphatic carbocycles. The Labute approximate surface area is 359 Å². The van der Waals surface area contributed by atoms with Gasteiger partial charge in [-0.1, -0.05) is 45.9 Å². The third-order valence-corrected chi connectivity index (χ3v) is 13.2. The van der Waals surface area contributed by atoms with Gasteiger partial charge in [-0.25, -0.2) is 9.78 Å². The number of halogens is 1. The summed E-state index contributed by atoms with van der Waals surface area (Å²) in [7, 11) is 5.21. The van der Waals surface area contributed by atoms with Crippen LogP contribution in [0.1, 0.15) is 80.6 Å². The summed E-state index contributed by atoms with van der Waals surface area (Å²) in [5.41, 5.74) is -1.50. The first kappa shape index (κ1) is 47.3. The van der Waals surface area contributed by atoms with Gasteiger partial charge in [0.05, 0.1) is 40.9 Å². The first-order valence-electron chi connectivity index (χ1n) is 21.1. The number of carbonyl (C=O) groups excluding carboxylic acids is 4. The zero-order valence-corrected chi connectivity index (χ0v) is 37.5. The number of methoxy groups -OCH3 is 1. The second kappa shape index (κ2) is 19.5. The number of cyclic esters (lactones) is 1. The van der Waals surface area contributed by atoms with Gasteiger partial charge in [-0.15, -0.1) is 0 Å². The van der Waals surface area contributed by atoms with Gasteiger partial charge in [0.25, 0.3) is 0 Å². The van der Waals surface area contributed by atoms with Crippen LogP contribution in [-0.4, -0.2) is 135 Å². The van der Waals surface area contributed by atoms with E-state index >= 15 is 0 Å². The van der Waals surface area contributed by atoms with Gasteiger partial charge in [0, 0.05) is 68.1 Å². The Balaban J connectivity index is 1.46. The van der Waals surface area contributed by atoms with Gasteiger partial charge in [-0.05, 0) is 79.1 Å². The number of aryl methyl sites for hydroxylation is 1. The standard InChI is InChI=1S/C44H64ClN5O10/c1-12-34-44(13-2)38(50(42(55)60-44)19-15-14-18-49-23-32(47-24-49)30-22-46-17-16-31(30)45)27(5)35(51)25(3)21-43(8,56-11)39(28(6)36(52)29(7)40(54)58-34)59-41-37(53)33(48(9)10)20-26(4)57-41/h13,16-17,22-29,33-34,37-39,41,53H,2,12,14-15,18-21H2,1,3-11H3/t25-,26-,27-,28+,29-,33+,34+,37-,38+,39-,41?,43+,44-/m1/s1. The highest BCUT2D eigenvalue weighted by atomic mass is 35.5. The number of ketones is 2. The summed E-state index contributed by atoms with van der Waals surface area (Å²) < 4.78 is 33.2. The highest BCUT2D eigenvalue weighted by molar-refractivity contribution is 6.33. The Morgan fingerprint density at radius 1 is 1.08 bits per heavy atom. The minimum atomic E-state index is -1.61. The fraction of sp³-hybridized carbons (Fsp3) is 0.682. The van der Waals surface area contributed by atoms with Gasteiger partial charge in [-0.3, -0.25) is 24.3 Å². The lowest BCUT2D eigenvalue weighted by molar-refractivity contribution is -0.295. The highest BCUT2D eigenvalue weighted by Gasteiger charge is 2.61. The summed E-state index contributed by atoms with van der Waals surface area (Å²) >= 11 is 6.36. The normalized spacial score (nSPS) is 35.8. The molecule has 0 bridgehead atoms. The molecule has 0 aromatic carbocycles. The maximum Gasteiger partial charge on any atom is 0.411 e. The van der Waals surface area contributed by atoms with E-state index in [1.165, 1.54) is 20.1 Å². The van der Waals surface area contributed by atoms with E-state index in [2.05, 4.69) is 16.5 Å². The molecule has 16 heteroatoms. The van der Waals surface area contributed by atoms with Crippen molar-refractivity contribution in [3.8, 4) is 11.3 Å². The number of hydrogen-bond donors (Lipinski definition) is 1. The average molecular weight is 858 g/mol. The topological polar surface area (TPSA) is 172 Å². The molecular weight excluding hydrogens is 794 g/mol. The summed E-state index contributed by atoms with van der Waals surface area (Å²) in [6, 6.07) is 0.503. The monoisotopic (exact) mass is 857 g/mol.